The average molecular weight is 595 g/mol. The van der Waals surface area contributed by atoms with Gasteiger partial charge in [-0.1, -0.05) is 6.07 Å². The van der Waals surface area contributed by atoms with E-state index in [9.17, 15) is 9.59 Å². The summed E-state index contributed by atoms with van der Waals surface area (Å²) < 4.78 is 22.6. The molecule has 1 aliphatic rings. The van der Waals surface area contributed by atoms with E-state index in [0.717, 1.165) is 27.8 Å². The Labute approximate surface area is 253 Å². The Hall–Kier alpha value is -5.36. The summed E-state index contributed by atoms with van der Waals surface area (Å²) in [6.45, 7) is 2.53. The third kappa shape index (κ3) is 6.06. The number of nitrogens with one attached hydrogen (secondary N) is 2. The highest BCUT2D eigenvalue weighted by Gasteiger charge is 2.20. The number of amides is 3. The quantitative estimate of drug-likeness (QED) is 0.284. The fourth-order valence-corrected chi connectivity index (χ4v) is 5.00. The van der Waals surface area contributed by atoms with E-state index in [1.54, 1.807) is 55.3 Å². The van der Waals surface area contributed by atoms with Crippen molar-refractivity contribution in [2.75, 3.05) is 55.9 Å². The normalized spacial score (nSPS) is 13.1. The Balaban J connectivity index is 1.26. The van der Waals surface area contributed by atoms with Crippen LogP contribution in [0.3, 0.4) is 0 Å². The minimum atomic E-state index is -0.634. The zero-order valence-electron chi connectivity index (χ0n) is 24.5. The topological polar surface area (TPSA) is 118 Å². The Kier molecular flexibility index (Phi) is 7.90. The summed E-state index contributed by atoms with van der Waals surface area (Å²) in [6.07, 6.45) is 3.73. The number of carbonyl (C=O) groups excluding carboxylic acids is 2. The highest BCUT2D eigenvalue weighted by atomic mass is 19.1. The lowest BCUT2D eigenvalue weighted by atomic mass is 10.1. The van der Waals surface area contributed by atoms with Gasteiger partial charge >= 0.3 is 6.03 Å². The van der Waals surface area contributed by atoms with Gasteiger partial charge in [0.15, 0.2) is 5.82 Å². The predicted octanol–water partition coefficient (Wildman–Crippen LogP) is 5.02. The second-order valence-electron chi connectivity index (χ2n) is 10.7. The van der Waals surface area contributed by atoms with Crippen LogP contribution in [0.4, 0.5) is 26.4 Å². The SMILES string of the molecule is CN(C)C(=O)c1ccc(NC(=O)Nc2ccc(-c3nc(N4CCOCC4)c4ccc(-c5cnn(C)c5)cc4n3)cc2F)cc1. The lowest BCUT2D eigenvalue weighted by Crippen LogP contribution is -2.37. The standard InChI is InChI=1S/C32H31FN8O3/c1-39(2)31(42)20-4-8-24(9-5-20)35-32(43)37-27-11-7-22(16-26(27)33)29-36-28-17-21(23-18-34-40(3)19-23)6-10-25(28)30(38-29)41-12-14-44-15-13-41/h4-11,16-19H,12-15H2,1-3H3,(H2,35,37,43). The van der Waals surface area contributed by atoms with Crippen molar-refractivity contribution < 1.29 is 18.7 Å². The molecule has 1 aliphatic heterocycles. The van der Waals surface area contributed by atoms with E-state index in [2.05, 4.69) is 20.6 Å². The minimum Gasteiger partial charge on any atom is -0.378 e. The van der Waals surface area contributed by atoms with Gasteiger partial charge in [0.1, 0.15) is 11.6 Å². The number of anilines is 3. The zero-order chi connectivity index (χ0) is 30.8. The van der Waals surface area contributed by atoms with E-state index in [4.69, 9.17) is 14.7 Å². The number of ether oxygens (including phenoxy) is 1. The molecule has 0 saturated carbocycles. The summed E-state index contributed by atoms with van der Waals surface area (Å²) in [4.78, 5) is 38.0. The van der Waals surface area contributed by atoms with Crippen molar-refractivity contribution >= 4 is 40.0 Å². The van der Waals surface area contributed by atoms with Crippen LogP contribution in [0.1, 0.15) is 10.4 Å². The van der Waals surface area contributed by atoms with E-state index in [0.29, 0.717) is 48.9 Å². The summed E-state index contributed by atoms with van der Waals surface area (Å²) in [5.74, 6) is 0.339. The monoisotopic (exact) mass is 594 g/mol. The molecule has 3 amide bonds. The second-order valence-corrected chi connectivity index (χ2v) is 10.7. The molecule has 0 aliphatic carbocycles. The number of urea groups is 1. The molecule has 0 bridgehead atoms. The van der Waals surface area contributed by atoms with Crippen LogP contribution >= 0.6 is 0 Å². The molecule has 0 unspecified atom stereocenters. The van der Waals surface area contributed by atoms with E-state index in [1.807, 2.05) is 31.4 Å². The first-order valence-corrected chi connectivity index (χ1v) is 14.1. The fourth-order valence-electron chi connectivity index (χ4n) is 5.00. The van der Waals surface area contributed by atoms with Gasteiger partial charge in [0.25, 0.3) is 5.91 Å². The number of aryl methyl sites for hydroxylation is 1. The molecule has 11 nitrogen and oxygen atoms in total. The number of halogens is 1. The number of benzene rings is 3. The lowest BCUT2D eigenvalue weighted by Gasteiger charge is -2.29. The fraction of sp³-hybridized carbons (Fsp3) is 0.219. The third-order valence-electron chi connectivity index (χ3n) is 7.30. The Morgan fingerprint density at radius 1 is 0.909 bits per heavy atom. The molecule has 1 fully saturated rings. The number of carbonyl (C=O) groups is 2. The molecule has 2 aromatic heterocycles. The molecular formula is C32H31FN8O3. The summed E-state index contributed by atoms with van der Waals surface area (Å²) in [5.41, 5.74) is 4.05. The number of rotatable bonds is 6. The number of hydrogen-bond donors (Lipinski definition) is 2. The smallest absolute Gasteiger partial charge is 0.323 e. The second kappa shape index (κ2) is 12.1. The van der Waals surface area contributed by atoms with Gasteiger partial charge in [-0.3, -0.25) is 9.48 Å². The van der Waals surface area contributed by atoms with Gasteiger partial charge in [-0.05, 0) is 60.2 Å². The van der Waals surface area contributed by atoms with E-state index < -0.39 is 11.8 Å². The largest absolute Gasteiger partial charge is 0.378 e. The molecule has 0 atom stereocenters. The van der Waals surface area contributed by atoms with E-state index >= 15 is 4.39 Å². The zero-order valence-corrected chi connectivity index (χ0v) is 24.5. The lowest BCUT2D eigenvalue weighted by molar-refractivity contribution is 0.0827. The molecule has 12 heteroatoms. The maximum atomic E-state index is 15.3. The molecule has 3 heterocycles. The number of hydrogen-bond acceptors (Lipinski definition) is 7. The van der Waals surface area contributed by atoms with Gasteiger partial charge in [-0.15, -0.1) is 0 Å². The van der Waals surface area contributed by atoms with Gasteiger partial charge in [0, 0.05) is 68.2 Å². The summed E-state index contributed by atoms with van der Waals surface area (Å²) in [5, 5.41) is 10.4. The van der Waals surface area contributed by atoms with Crippen LogP contribution in [0.15, 0.2) is 73.1 Å². The van der Waals surface area contributed by atoms with Crippen LogP contribution in [0.5, 0.6) is 0 Å². The van der Waals surface area contributed by atoms with Crippen molar-refractivity contribution in [3.05, 3.63) is 84.4 Å². The first kappa shape index (κ1) is 28.7. The van der Waals surface area contributed by atoms with E-state index in [1.165, 1.54) is 17.0 Å². The maximum Gasteiger partial charge on any atom is 0.323 e. The molecule has 0 radical (unpaired) electrons. The molecular weight excluding hydrogens is 563 g/mol. The summed E-state index contributed by atoms with van der Waals surface area (Å²) >= 11 is 0. The number of aromatic nitrogens is 4. The molecule has 44 heavy (non-hydrogen) atoms. The van der Waals surface area contributed by atoms with Gasteiger partial charge in [-0.25, -0.2) is 19.2 Å². The van der Waals surface area contributed by atoms with Crippen LogP contribution in [0.25, 0.3) is 33.4 Å². The Morgan fingerprint density at radius 2 is 1.66 bits per heavy atom. The number of fused-ring (bicyclic) bond motifs is 1. The highest BCUT2D eigenvalue weighted by molar-refractivity contribution is 6.01. The van der Waals surface area contributed by atoms with Crippen LogP contribution < -0.4 is 15.5 Å². The van der Waals surface area contributed by atoms with Crippen molar-refractivity contribution in [2.24, 2.45) is 7.05 Å². The summed E-state index contributed by atoms with van der Waals surface area (Å²) in [6, 6.07) is 16.3. The molecule has 6 rings (SSSR count). The van der Waals surface area contributed by atoms with Gasteiger partial charge < -0.3 is 25.2 Å². The predicted molar refractivity (Wildman–Crippen MR) is 167 cm³/mol. The molecule has 2 N–H and O–H groups in total. The van der Waals surface area contributed by atoms with Crippen molar-refractivity contribution in [1.82, 2.24) is 24.6 Å². The first-order chi connectivity index (χ1) is 21.2. The van der Waals surface area contributed by atoms with Crippen LogP contribution in [-0.4, -0.2) is 77.0 Å². The van der Waals surface area contributed by atoms with Crippen LogP contribution in [0.2, 0.25) is 0 Å². The Bertz CT molecular complexity index is 1850. The van der Waals surface area contributed by atoms with Crippen LogP contribution in [0, 0.1) is 5.82 Å². The van der Waals surface area contributed by atoms with Crippen molar-refractivity contribution in [3.8, 4) is 22.5 Å². The van der Waals surface area contributed by atoms with Crippen molar-refractivity contribution in [2.45, 2.75) is 0 Å². The highest BCUT2D eigenvalue weighted by Crippen LogP contribution is 2.32. The molecule has 3 aromatic carbocycles. The first-order valence-electron chi connectivity index (χ1n) is 14.1. The van der Waals surface area contributed by atoms with Crippen LogP contribution in [-0.2, 0) is 11.8 Å². The Morgan fingerprint density at radius 3 is 2.34 bits per heavy atom. The van der Waals surface area contributed by atoms with Gasteiger partial charge in [-0.2, -0.15) is 5.10 Å². The number of morpholine rings is 1. The van der Waals surface area contributed by atoms with Crippen molar-refractivity contribution in [3.63, 3.8) is 0 Å². The van der Waals surface area contributed by atoms with Crippen molar-refractivity contribution in [1.29, 1.82) is 0 Å². The van der Waals surface area contributed by atoms with E-state index in [-0.39, 0.29) is 11.6 Å². The van der Waals surface area contributed by atoms with Gasteiger partial charge in [0.05, 0.1) is 30.6 Å². The number of nitrogens with zero attached hydrogens (tertiary/aromatic N) is 6. The molecule has 1 saturated heterocycles. The summed E-state index contributed by atoms with van der Waals surface area (Å²) in [7, 11) is 5.19. The minimum absolute atomic E-state index is 0.00119. The van der Waals surface area contributed by atoms with Gasteiger partial charge in [0.2, 0.25) is 0 Å². The molecule has 0 spiro atoms. The third-order valence-corrected chi connectivity index (χ3v) is 7.30. The maximum absolute atomic E-state index is 15.3. The molecule has 224 valence electrons. The molecule has 5 aromatic rings. The average Bonchev–Trinajstić information content (AvgIpc) is 3.47.